The first-order valence-corrected chi connectivity index (χ1v) is 6.80. The predicted octanol–water partition coefficient (Wildman–Crippen LogP) is 1.61. The van der Waals surface area contributed by atoms with Gasteiger partial charge >= 0.3 is 5.97 Å². The second kappa shape index (κ2) is 6.41. The number of benzene rings is 1. The highest BCUT2D eigenvalue weighted by atomic mass is 16.5. The van der Waals surface area contributed by atoms with E-state index in [0.29, 0.717) is 19.4 Å². The van der Waals surface area contributed by atoms with Gasteiger partial charge in [-0.1, -0.05) is 25.1 Å². The van der Waals surface area contributed by atoms with Gasteiger partial charge in [-0.05, 0) is 24.0 Å². The van der Waals surface area contributed by atoms with Crippen LogP contribution in [-0.4, -0.2) is 29.6 Å². The van der Waals surface area contributed by atoms with E-state index in [-0.39, 0.29) is 18.2 Å². The van der Waals surface area contributed by atoms with Gasteiger partial charge in [0, 0.05) is 19.4 Å². The Morgan fingerprint density at radius 3 is 2.90 bits per heavy atom. The van der Waals surface area contributed by atoms with Gasteiger partial charge in [0.05, 0.1) is 0 Å². The molecule has 2 N–H and O–H groups in total. The van der Waals surface area contributed by atoms with E-state index < -0.39 is 12.1 Å². The highest BCUT2D eigenvalue weighted by Crippen LogP contribution is 2.28. The molecule has 0 bridgehead atoms. The Balaban J connectivity index is 1.75. The monoisotopic (exact) mass is 277 g/mol. The van der Waals surface area contributed by atoms with Crippen LogP contribution in [0.4, 0.5) is 0 Å². The fourth-order valence-electron chi connectivity index (χ4n) is 2.19. The van der Waals surface area contributed by atoms with Crippen LogP contribution < -0.4 is 10.1 Å². The quantitative estimate of drug-likeness (QED) is 0.828. The number of carboxylic acids is 1. The maximum atomic E-state index is 12.0. The van der Waals surface area contributed by atoms with E-state index in [1.807, 2.05) is 31.2 Å². The molecule has 0 fully saturated rings. The van der Waals surface area contributed by atoms with Crippen LogP contribution in [0.1, 0.15) is 25.3 Å². The standard InChI is InChI=1S/C15H19NO4/c1-10(6-7-14(17)18)9-16-15(19)13-8-11-4-2-3-5-12(11)20-13/h2-5,10,13H,6-9H2,1H3,(H,16,19)(H,17,18). The Labute approximate surface area is 117 Å². The third-order valence-electron chi connectivity index (χ3n) is 3.42. The summed E-state index contributed by atoms with van der Waals surface area (Å²) in [5.74, 6) is -0.0356. The van der Waals surface area contributed by atoms with Crippen molar-refractivity contribution in [2.45, 2.75) is 32.3 Å². The summed E-state index contributed by atoms with van der Waals surface area (Å²) in [5.41, 5.74) is 1.05. The van der Waals surface area contributed by atoms with Crippen molar-refractivity contribution in [2.75, 3.05) is 6.54 Å². The number of aliphatic carboxylic acids is 1. The largest absolute Gasteiger partial charge is 0.481 e. The van der Waals surface area contributed by atoms with E-state index >= 15 is 0 Å². The van der Waals surface area contributed by atoms with Gasteiger partial charge in [0.1, 0.15) is 5.75 Å². The molecule has 5 heteroatoms. The molecule has 1 aliphatic rings. The molecule has 0 radical (unpaired) electrons. The average Bonchev–Trinajstić information content (AvgIpc) is 2.86. The molecular weight excluding hydrogens is 258 g/mol. The molecule has 0 saturated carbocycles. The Bertz CT molecular complexity index is 475. The van der Waals surface area contributed by atoms with Crippen LogP contribution in [0, 0.1) is 5.92 Å². The lowest BCUT2D eigenvalue weighted by Crippen LogP contribution is -2.39. The van der Waals surface area contributed by atoms with Crippen molar-refractivity contribution in [2.24, 2.45) is 5.92 Å². The van der Waals surface area contributed by atoms with E-state index in [4.69, 9.17) is 9.84 Å². The lowest BCUT2D eigenvalue weighted by Gasteiger charge is -2.14. The maximum absolute atomic E-state index is 12.0. The zero-order valence-electron chi connectivity index (χ0n) is 11.5. The van der Waals surface area contributed by atoms with Gasteiger partial charge in [-0.3, -0.25) is 9.59 Å². The van der Waals surface area contributed by atoms with E-state index in [0.717, 1.165) is 11.3 Å². The first-order chi connectivity index (χ1) is 9.56. The molecule has 0 aliphatic carbocycles. The zero-order chi connectivity index (χ0) is 14.5. The number of para-hydroxylation sites is 1. The molecule has 0 saturated heterocycles. The van der Waals surface area contributed by atoms with Gasteiger partial charge in [-0.2, -0.15) is 0 Å². The first-order valence-electron chi connectivity index (χ1n) is 6.80. The minimum atomic E-state index is -0.808. The SMILES string of the molecule is CC(CCC(=O)O)CNC(=O)C1Cc2ccccc2O1. The van der Waals surface area contributed by atoms with Crippen molar-refractivity contribution in [1.82, 2.24) is 5.32 Å². The number of amides is 1. The topological polar surface area (TPSA) is 75.6 Å². The predicted molar refractivity (Wildman–Crippen MR) is 73.6 cm³/mol. The molecule has 1 aromatic carbocycles. The number of carbonyl (C=O) groups is 2. The molecule has 5 nitrogen and oxygen atoms in total. The van der Waals surface area contributed by atoms with Crippen molar-refractivity contribution in [3.8, 4) is 5.75 Å². The number of nitrogens with one attached hydrogen (secondary N) is 1. The number of fused-ring (bicyclic) bond motifs is 1. The fraction of sp³-hybridized carbons (Fsp3) is 0.467. The highest BCUT2D eigenvalue weighted by molar-refractivity contribution is 5.82. The van der Waals surface area contributed by atoms with Crippen LogP contribution in [0.2, 0.25) is 0 Å². The van der Waals surface area contributed by atoms with E-state index in [2.05, 4.69) is 5.32 Å². The Morgan fingerprint density at radius 1 is 1.45 bits per heavy atom. The smallest absolute Gasteiger partial charge is 0.303 e. The molecule has 108 valence electrons. The van der Waals surface area contributed by atoms with Gasteiger partial charge in [-0.25, -0.2) is 0 Å². The van der Waals surface area contributed by atoms with Crippen molar-refractivity contribution in [3.05, 3.63) is 29.8 Å². The lowest BCUT2D eigenvalue weighted by atomic mass is 10.1. The van der Waals surface area contributed by atoms with Gasteiger partial charge in [0.15, 0.2) is 6.10 Å². The molecule has 2 atom stereocenters. The van der Waals surface area contributed by atoms with E-state index in [1.54, 1.807) is 0 Å². The number of hydrogen-bond donors (Lipinski definition) is 2. The number of hydrogen-bond acceptors (Lipinski definition) is 3. The Hall–Kier alpha value is -2.04. The molecule has 20 heavy (non-hydrogen) atoms. The van der Waals surface area contributed by atoms with Gasteiger partial charge in [-0.15, -0.1) is 0 Å². The van der Waals surface area contributed by atoms with Gasteiger partial charge in [0.25, 0.3) is 5.91 Å². The second-order valence-corrected chi connectivity index (χ2v) is 5.20. The number of carboxylic acid groups (broad SMARTS) is 1. The molecule has 2 rings (SSSR count). The van der Waals surface area contributed by atoms with Gasteiger partial charge in [0.2, 0.25) is 0 Å². The van der Waals surface area contributed by atoms with Crippen LogP contribution in [-0.2, 0) is 16.0 Å². The molecular formula is C15H19NO4. The first kappa shape index (κ1) is 14.4. The summed E-state index contributed by atoms with van der Waals surface area (Å²) >= 11 is 0. The normalized spacial score (nSPS) is 17.9. The summed E-state index contributed by atoms with van der Waals surface area (Å²) in [6.07, 6.45) is 0.800. The average molecular weight is 277 g/mol. The molecule has 1 amide bonds. The van der Waals surface area contributed by atoms with Crippen LogP contribution in [0.25, 0.3) is 0 Å². The lowest BCUT2D eigenvalue weighted by molar-refractivity contribution is -0.137. The second-order valence-electron chi connectivity index (χ2n) is 5.20. The van der Waals surface area contributed by atoms with Crippen LogP contribution in [0.3, 0.4) is 0 Å². The maximum Gasteiger partial charge on any atom is 0.303 e. The number of rotatable bonds is 6. The molecule has 1 aliphatic heterocycles. The third kappa shape index (κ3) is 3.73. The summed E-state index contributed by atoms with van der Waals surface area (Å²) in [6.45, 7) is 2.40. The summed E-state index contributed by atoms with van der Waals surface area (Å²) in [4.78, 5) is 22.5. The summed E-state index contributed by atoms with van der Waals surface area (Å²) in [5, 5.41) is 11.4. The van der Waals surface area contributed by atoms with Crippen LogP contribution in [0.5, 0.6) is 5.75 Å². The summed E-state index contributed by atoms with van der Waals surface area (Å²) in [7, 11) is 0. The Kier molecular flexibility index (Phi) is 4.61. The van der Waals surface area contributed by atoms with E-state index in [1.165, 1.54) is 0 Å². The highest BCUT2D eigenvalue weighted by Gasteiger charge is 2.28. The van der Waals surface area contributed by atoms with Crippen molar-refractivity contribution in [1.29, 1.82) is 0 Å². The van der Waals surface area contributed by atoms with E-state index in [9.17, 15) is 9.59 Å². The van der Waals surface area contributed by atoms with Crippen molar-refractivity contribution >= 4 is 11.9 Å². The van der Waals surface area contributed by atoms with Crippen LogP contribution >= 0.6 is 0 Å². The third-order valence-corrected chi connectivity index (χ3v) is 3.42. The fourth-order valence-corrected chi connectivity index (χ4v) is 2.19. The summed E-state index contributed by atoms with van der Waals surface area (Å²) < 4.78 is 5.59. The number of ether oxygens (including phenoxy) is 1. The van der Waals surface area contributed by atoms with Crippen molar-refractivity contribution in [3.63, 3.8) is 0 Å². The zero-order valence-corrected chi connectivity index (χ0v) is 11.5. The van der Waals surface area contributed by atoms with Crippen LogP contribution in [0.15, 0.2) is 24.3 Å². The van der Waals surface area contributed by atoms with Crippen molar-refractivity contribution < 1.29 is 19.4 Å². The minimum Gasteiger partial charge on any atom is -0.481 e. The molecule has 2 unspecified atom stereocenters. The number of carbonyl (C=O) groups excluding carboxylic acids is 1. The summed E-state index contributed by atoms with van der Waals surface area (Å²) in [6, 6.07) is 7.62. The molecule has 1 heterocycles. The Morgan fingerprint density at radius 2 is 2.20 bits per heavy atom. The molecule has 0 spiro atoms. The van der Waals surface area contributed by atoms with Gasteiger partial charge < -0.3 is 15.2 Å². The molecule has 0 aromatic heterocycles. The minimum absolute atomic E-state index is 0.127. The molecule has 1 aromatic rings.